The summed E-state index contributed by atoms with van der Waals surface area (Å²) in [6, 6.07) is 15.9. The Morgan fingerprint density at radius 1 is 1.00 bits per heavy atom. The minimum absolute atomic E-state index is 0.708. The standard InChI is InChI=1S/C18H20N2O2/c1-21-15-7-6-8-16(13-15)22-12-5-4-11-20-14-19-17-9-2-3-10-18(17)20/h2-3,6-10,13-14H,4-5,11-12H2,1H3. The summed E-state index contributed by atoms with van der Waals surface area (Å²) in [4.78, 5) is 4.40. The number of aryl methyl sites for hydroxylation is 1. The fourth-order valence-corrected chi connectivity index (χ4v) is 2.45. The summed E-state index contributed by atoms with van der Waals surface area (Å²) >= 11 is 0. The first-order valence-electron chi connectivity index (χ1n) is 7.53. The fraction of sp³-hybridized carbons (Fsp3) is 0.278. The number of aromatic nitrogens is 2. The van der Waals surface area contributed by atoms with Crippen LogP contribution >= 0.6 is 0 Å². The minimum atomic E-state index is 0.708. The maximum absolute atomic E-state index is 5.75. The third-order valence-electron chi connectivity index (χ3n) is 3.63. The van der Waals surface area contributed by atoms with E-state index in [0.717, 1.165) is 36.4 Å². The molecule has 1 aromatic heterocycles. The summed E-state index contributed by atoms with van der Waals surface area (Å²) in [6.45, 7) is 1.67. The third-order valence-corrected chi connectivity index (χ3v) is 3.63. The summed E-state index contributed by atoms with van der Waals surface area (Å²) in [5.41, 5.74) is 2.24. The highest BCUT2D eigenvalue weighted by atomic mass is 16.5. The van der Waals surface area contributed by atoms with Crippen LogP contribution in [0.1, 0.15) is 12.8 Å². The van der Waals surface area contributed by atoms with E-state index in [0.29, 0.717) is 6.61 Å². The number of rotatable bonds is 7. The van der Waals surface area contributed by atoms with Crippen LogP contribution in [0.4, 0.5) is 0 Å². The zero-order valence-corrected chi connectivity index (χ0v) is 12.7. The summed E-state index contributed by atoms with van der Waals surface area (Å²) in [5, 5.41) is 0. The van der Waals surface area contributed by atoms with Gasteiger partial charge in [-0.25, -0.2) is 4.98 Å². The van der Waals surface area contributed by atoms with Gasteiger partial charge in [-0.15, -0.1) is 0 Å². The minimum Gasteiger partial charge on any atom is -0.497 e. The number of unbranched alkanes of at least 4 members (excludes halogenated alkanes) is 1. The maximum Gasteiger partial charge on any atom is 0.122 e. The van der Waals surface area contributed by atoms with E-state index in [1.54, 1.807) is 7.11 Å². The quantitative estimate of drug-likeness (QED) is 0.620. The van der Waals surface area contributed by atoms with Crippen LogP contribution in [0.5, 0.6) is 11.5 Å². The number of nitrogens with zero attached hydrogens (tertiary/aromatic N) is 2. The summed E-state index contributed by atoms with van der Waals surface area (Å²) < 4.78 is 13.1. The molecule has 0 atom stereocenters. The van der Waals surface area contributed by atoms with Gasteiger partial charge in [-0.1, -0.05) is 18.2 Å². The molecule has 4 nitrogen and oxygen atoms in total. The van der Waals surface area contributed by atoms with Crippen molar-refractivity contribution < 1.29 is 9.47 Å². The van der Waals surface area contributed by atoms with Gasteiger partial charge in [0.05, 0.1) is 31.1 Å². The summed E-state index contributed by atoms with van der Waals surface area (Å²) in [7, 11) is 1.66. The van der Waals surface area contributed by atoms with Gasteiger partial charge in [0.1, 0.15) is 11.5 Å². The number of ether oxygens (including phenoxy) is 2. The summed E-state index contributed by atoms with van der Waals surface area (Å²) in [6.07, 6.45) is 3.97. The van der Waals surface area contributed by atoms with E-state index in [-0.39, 0.29) is 0 Å². The average molecular weight is 296 g/mol. The van der Waals surface area contributed by atoms with E-state index in [4.69, 9.17) is 9.47 Å². The predicted molar refractivity (Wildman–Crippen MR) is 87.5 cm³/mol. The molecule has 0 bridgehead atoms. The largest absolute Gasteiger partial charge is 0.497 e. The topological polar surface area (TPSA) is 36.3 Å². The van der Waals surface area contributed by atoms with Crippen LogP contribution in [0.3, 0.4) is 0 Å². The Kier molecular flexibility index (Phi) is 4.59. The van der Waals surface area contributed by atoms with E-state index in [9.17, 15) is 0 Å². The van der Waals surface area contributed by atoms with E-state index in [1.807, 2.05) is 48.8 Å². The van der Waals surface area contributed by atoms with Gasteiger partial charge in [0.15, 0.2) is 0 Å². The number of benzene rings is 2. The second-order valence-corrected chi connectivity index (χ2v) is 5.16. The van der Waals surface area contributed by atoms with Crippen LogP contribution in [0.25, 0.3) is 11.0 Å². The zero-order chi connectivity index (χ0) is 15.2. The van der Waals surface area contributed by atoms with Crippen LogP contribution in [-0.2, 0) is 6.54 Å². The van der Waals surface area contributed by atoms with Crippen molar-refractivity contribution in [3.63, 3.8) is 0 Å². The van der Waals surface area contributed by atoms with Crippen molar-refractivity contribution in [3.8, 4) is 11.5 Å². The number of para-hydroxylation sites is 2. The first-order chi connectivity index (χ1) is 10.9. The molecule has 0 radical (unpaired) electrons. The first-order valence-corrected chi connectivity index (χ1v) is 7.53. The zero-order valence-electron chi connectivity index (χ0n) is 12.7. The Bertz CT molecular complexity index is 737. The Morgan fingerprint density at radius 3 is 2.77 bits per heavy atom. The van der Waals surface area contributed by atoms with E-state index in [2.05, 4.69) is 15.6 Å². The van der Waals surface area contributed by atoms with Crippen molar-refractivity contribution >= 4 is 11.0 Å². The molecule has 0 amide bonds. The molecule has 0 unspecified atom stereocenters. The van der Waals surface area contributed by atoms with E-state index < -0.39 is 0 Å². The highest BCUT2D eigenvalue weighted by molar-refractivity contribution is 5.74. The molecule has 3 rings (SSSR count). The van der Waals surface area contributed by atoms with Gasteiger partial charge in [0.2, 0.25) is 0 Å². The molecule has 0 saturated carbocycles. The molecular formula is C18H20N2O2. The molecule has 4 heteroatoms. The number of fused-ring (bicyclic) bond motifs is 1. The third kappa shape index (κ3) is 3.39. The molecule has 0 spiro atoms. The second-order valence-electron chi connectivity index (χ2n) is 5.16. The van der Waals surface area contributed by atoms with E-state index in [1.165, 1.54) is 5.52 Å². The van der Waals surface area contributed by atoms with Crippen LogP contribution < -0.4 is 9.47 Å². The van der Waals surface area contributed by atoms with Crippen molar-refractivity contribution in [2.45, 2.75) is 19.4 Å². The van der Waals surface area contributed by atoms with Gasteiger partial charge < -0.3 is 14.0 Å². The number of methoxy groups -OCH3 is 1. The predicted octanol–water partition coefficient (Wildman–Crippen LogP) is 3.90. The molecule has 1 heterocycles. The maximum atomic E-state index is 5.75. The van der Waals surface area contributed by atoms with Crippen LogP contribution in [0, 0.1) is 0 Å². The second kappa shape index (κ2) is 6.98. The lowest BCUT2D eigenvalue weighted by Gasteiger charge is -2.08. The molecule has 0 aliphatic rings. The Labute approximate surface area is 130 Å². The van der Waals surface area contributed by atoms with Crippen molar-refractivity contribution in [1.82, 2.24) is 9.55 Å². The first kappa shape index (κ1) is 14.4. The van der Waals surface area contributed by atoms with Crippen LogP contribution in [0.15, 0.2) is 54.9 Å². The van der Waals surface area contributed by atoms with Gasteiger partial charge in [0.25, 0.3) is 0 Å². The Morgan fingerprint density at radius 2 is 1.86 bits per heavy atom. The lowest BCUT2D eigenvalue weighted by atomic mass is 10.3. The Hall–Kier alpha value is -2.49. The smallest absolute Gasteiger partial charge is 0.122 e. The molecule has 0 N–H and O–H groups in total. The number of imidazole rings is 1. The van der Waals surface area contributed by atoms with Crippen LogP contribution in [-0.4, -0.2) is 23.3 Å². The molecule has 0 fully saturated rings. The number of hydrogen-bond acceptors (Lipinski definition) is 3. The van der Waals surface area contributed by atoms with Gasteiger partial charge in [-0.05, 0) is 37.1 Å². The normalized spacial score (nSPS) is 10.8. The fourth-order valence-electron chi connectivity index (χ4n) is 2.45. The molecule has 0 saturated heterocycles. The molecule has 0 aliphatic carbocycles. The van der Waals surface area contributed by atoms with Crippen molar-refractivity contribution in [2.75, 3.05) is 13.7 Å². The number of hydrogen-bond donors (Lipinski definition) is 0. The molecular weight excluding hydrogens is 276 g/mol. The highest BCUT2D eigenvalue weighted by Crippen LogP contribution is 2.19. The molecule has 0 aliphatic heterocycles. The lowest BCUT2D eigenvalue weighted by Crippen LogP contribution is -2.01. The van der Waals surface area contributed by atoms with Gasteiger partial charge >= 0.3 is 0 Å². The van der Waals surface area contributed by atoms with Crippen LogP contribution in [0.2, 0.25) is 0 Å². The molecule has 2 aromatic carbocycles. The Balaban J connectivity index is 1.45. The highest BCUT2D eigenvalue weighted by Gasteiger charge is 2.01. The average Bonchev–Trinajstić information content (AvgIpc) is 2.98. The molecule has 3 aromatic rings. The van der Waals surface area contributed by atoms with Gasteiger partial charge in [-0.2, -0.15) is 0 Å². The lowest BCUT2D eigenvalue weighted by molar-refractivity contribution is 0.301. The van der Waals surface area contributed by atoms with Crippen molar-refractivity contribution in [2.24, 2.45) is 0 Å². The van der Waals surface area contributed by atoms with Gasteiger partial charge in [-0.3, -0.25) is 0 Å². The van der Waals surface area contributed by atoms with Crippen molar-refractivity contribution in [3.05, 3.63) is 54.9 Å². The molecule has 22 heavy (non-hydrogen) atoms. The molecule has 114 valence electrons. The monoisotopic (exact) mass is 296 g/mol. The summed E-state index contributed by atoms with van der Waals surface area (Å²) in [5.74, 6) is 1.68. The SMILES string of the molecule is COc1cccc(OCCCCn2cnc3ccccc32)c1. The van der Waals surface area contributed by atoms with E-state index >= 15 is 0 Å². The van der Waals surface area contributed by atoms with Crippen molar-refractivity contribution in [1.29, 1.82) is 0 Å². The van der Waals surface area contributed by atoms with Gasteiger partial charge in [0, 0.05) is 12.6 Å².